The van der Waals surface area contributed by atoms with Crippen molar-refractivity contribution in [2.24, 2.45) is 0 Å². The molecule has 0 amide bonds. The first-order chi connectivity index (χ1) is 16.1. The number of nitrogens with one attached hydrogen (secondary N) is 1. The normalized spacial score (nSPS) is 12.2. The number of sulfonamides is 1. The number of hydrogen-bond acceptors (Lipinski definition) is 5. The second-order valence-electron chi connectivity index (χ2n) is 9.06. The van der Waals surface area contributed by atoms with E-state index in [0.29, 0.717) is 11.2 Å². The maximum absolute atomic E-state index is 12.8. The number of fused-ring (bicyclic) bond motifs is 1. The van der Waals surface area contributed by atoms with Gasteiger partial charge in [-0.05, 0) is 40.8 Å². The van der Waals surface area contributed by atoms with Crippen LogP contribution in [0.25, 0.3) is 10.2 Å². The molecule has 0 saturated heterocycles. The molecule has 3 aromatic carbocycles. The van der Waals surface area contributed by atoms with Crippen LogP contribution >= 0.6 is 11.3 Å². The van der Waals surface area contributed by atoms with Crippen LogP contribution in [0.1, 0.15) is 31.9 Å². The molecule has 8 heteroatoms. The first kappa shape index (κ1) is 24.2. The van der Waals surface area contributed by atoms with E-state index in [-0.39, 0.29) is 28.3 Å². The molecule has 0 fully saturated rings. The van der Waals surface area contributed by atoms with Crippen molar-refractivity contribution in [1.82, 2.24) is 9.29 Å². The van der Waals surface area contributed by atoms with Crippen molar-refractivity contribution in [2.45, 2.75) is 37.6 Å². The molecule has 6 nitrogen and oxygen atoms in total. The summed E-state index contributed by atoms with van der Waals surface area (Å²) in [6.07, 6.45) is 0. The Bertz CT molecular complexity index is 1450. The van der Waals surface area contributed by atoms with Gasteiger partial charge in [-0.15, -0.1) is 0 Å². The van der Waals surface area contributed by atoms with Gasteiger partial charge in [0.25, 0.3) is 0 Å². The molecule has 0 bridgehead atoms. The standard InChI is InChI=1S/C26H28N2O4S2/c1-26(2,3)21-11-7-8-12-23(21)32-16-15-27-34(30,31)20-13-14-22-24(17-20)33-25(29)28(22)18-19-9-5-4-6-10-19/h4-14,17,27H,15-16,18H2,1-3H3. The van der Waals surface area contributed by atoms with E-state index in [2.05, 4.69) is 25.5 Å². The lowest BCUT2D eigenvalue weighted by molar-refractivity contribution is 0.314. The Labute approximate surface area is 203 Å². The number of ether oxygens (including phenoxy) is 1. The molecule has 4 aromatic rings. The Morgan fingerprint density at radius 2 is 1.68 bits per heavy atom. The third kappa shape index (κ3) is 5.41. The third-order valence-electron chi connectivity index (χ3n) is 5.48. The van der Waals surface area contributed by atoms with Crippen molar-refractivity contribution in [3.63, 3.8) is 0 Å². The van der Waals surface area contributed by atoms with Crippen LogP contribution in [0.3, 0.4) is 0 Å². The highest BCUT2D eigenvalue weighted by Gasteiger charge is 2.19. The Kier molecular flexibility index (Phi) is 6.93. The van der Waals surface area contributed by atoms with Crippen molar-refractivity contribution in [2.75, 3.05) is 13.2 Å². The molecule has 0 saturated carbocycles. The average molecular weight is 497 g/mol. The van der Waals surface area contributed by atoms with Gasteiger partial charge in [0.1, 0.15) is 12.4 Å². The van der Waals surface area contributed by atoms with Gasteiger partial charge in [-0.1, -0.05) is 80.6 Å². The Morgan fingerprint density at radius 1 is 0.971 bits per heavy atom. The topological polar surface area (TPSA) is 77.4 Å². The van der Waals surface area contributed by atoms with E-state index in [1.54, 1.807) is 16.7 Å². The number of nitrogens with zero attached hydrogens (tertiary/aromatic N) is 1. The summed E-state index contributed by atoms with van der Waals surface area (Å²) in [6, 6.07) is 22.3. The molecule has 4 rings (SSSR count). The molecule has 0 atom stereocenters. The lowest BCUT2D eigenvalue weighted by Crippen LogP contribution is -2.28. The van der Waals surface area contributed by atoms with E-state index in [9.17, 15) is 13.2 Å². The lowest BCUT2D eigenvalue weighted by Gasteiger charge is -2.22. The quantitative estimate of drug-likeness (QED) is 0.357. The van der Waals surface area contributed by atoms with Gasteiger partial charge < -0.3 is 4.74 Å². The summed E-state index contributed by atoms with van der Waals surface area (Å²) in [6.45, 7) is 7.09. The van der Waals surface area contributed by atoms with Gasteiger partial charge in [0.2, 0.25) is 10.0 Å². The summed E-state index contributed by atoms with van der Waals surface area (Å²) in [7, 11) is -3.74. The molecule has 0 aliphatic rings. The van der Waals surface area contributed by atoms with Crippen LogP contribution < -0.4 is 14.3 Å². The fraction of sp³-hybridized carbons (Fsp3) is 0.269. The van der Waals surface area contributed by atoms with Crippen LogP contribution in [-0.4, -0.2) is 26.1 Å². The smallest absolute Gasteiger partial charge is 0.308 e. The van der Waals surface area contributed by atoms with Crippen molar-refractivity contribution < 1.29 is 13.2 Å². The fourth-order valence-corrected chi connectivity index (χ4v) is 5.81. The maximum Gasteiger partial charge on any atom is 0.308 e. The van der Waals surface area contributed by atoms with E-state index in [4.69, 9.17) is 4.74 Å². The van der Waals surface area contributed by atoms with Gasteiger partial charge in [-0.3, -0.25) is 9.36 Å². The maximum atomic E-state index is 12.8. The molecular formula is C26H28N2O4S2. The minimum atomic E-state index is -3.74. The Balaban J connectivity index is 1.45. The van der Waals surface area contributed by atoms with Gasteiger partial charge in [-0.25, -0.2) is 13.1 Å². The molecule has 178 valence electrons. The number of rotatable bonds is 8. The molecule has 0 spiro atoms. The van der Waals surface area contributed by atoms with E-state index < -0.39 is 10.0 Å². The highest BCUT2D eigenvalue weighted by atomic mass is 32.2. The molecule has 1 heterocycles. The van der Waals surface area contributed by atoms with Crippen molar-refractivity contribution >= 4 is 31.6 Å². The largest absolute Gasteiger partial charge is 0.492 e. The highest BCUT2D eigenvalue weighted by molar-refractivity contribution is 7.89. The first-order valence-electron chi connectivity index (χ1n) is 11.0. The van der Waals surface area contributed by atoms with Crippen LogP contribution in [0.15, 0.2) is 82.5 Å². The van der Waals surface area contributed by atoms with E-state index in [1.165, 1.54) is 6.07 Å². The van der Waals surface area contributed by atoms with E-state index in [0.717, 1.165) is 33.7 Å². The molecule has 0 unspecified atom stereocenters. The molecule has 0 aliphatic carbocycles. The zero-order valence-electron chi connectivity index (χ0n) is 19.4. The second-order valence-corrected chi connectivity index (χ2v) is 11.8. The van der Waals surface area contributed by atoms with Gasteiger partial charge >= 0.3 is 4.87 Å². The van der Waals surface area contributed by atoms with Gasteiger partial charge in [0, 0.05) is 6.54 Å². The molecule has 1 aromatic heterocycles. The van der Waals surface area contributed by atoms with Crippen LogP contribution in [0.4, 0.5) is 0 Å². The van der Waals surface area contributed by atoms with E-state index >= 15 is 0 Å². The zero-order chi connectivity index (χ0) is 24.3. The molecule has 34 heavy (non-hydrogen) atoms. The molecule has 0 aliphatic heterocycles. The average Bonchev–Trinajstić information content (AvgIpc) is 3.11. The minimum Gasteiger partial charge on any atom is -0.492 e. The minimum absolute atomic E-state index is 0.0794. The molecule has 0 radical (unpaired) electrons. The highest BCUT2D eigenvalue weighted by Crippen LogP contribution is 2.30. The Hall–Kier alpha value is -2.94. The fourth-order valence-electron chi connectivity index (χ4n) is 3.76. The first-order valence-corrected chi connectivity index (χ1v) is 13.3. The van der Waals surface area contributed by atoms with Crippen molar-refractivity contribution in [3.8, 4) is 5.75 Å². The second kappa shape index (κ2) is 9.74. The van der Waals surface area contributed by atoms with Crippen LogP contribution in [0.5, 0.6) is 5.75 Å². The summed E-state index contributed by atoms with van der Waals surface area (Å²) in [5.41, 5.74) is 2.72. The van der Waals surface area contributed by atoms with Gasteiger partial charge in [-0.2, -0.15) is 0 Å². The number of aromatic nitrogens is 1. The van der Waals surface area contributed by atoms with Crippen molar-refractivity contribution in [3.05, 3.63) is 93.6 Å². The van der Waals surface area contributed by atoms with Crippen LogP contribution in [-0.2, 0) is 22.0 Å². The zero-order valence-corrected chi connectivity index (χ0v) is 21.1. The number of thiazole rings is 1. The summed E-state index contributed by atoms with van der Waals surface area (Å²) in [5, 5.41) is 0. The van der Waals surface area contributed by atoms with Gasteiger partial charge in [0.15, 0.2) is 0 Å². The van der Waals surface area contributed by atoms with Crippen LogP contribution in [0.2, 0.25) is 0 Å². The number of benzene rings is 3. The summed E-state index contributed by atoms with van der Waals surface area (Å²) >= 11 is 1.05. The molecule has 1 N–H and O–H groups in total. The summed E-state index contributed by atoms with van der Waals surface area (Å²) < 4.78 is 36.5. The number of hydrogen-bond donors (Lipinski definition) is 1. The third-order valence-corrected chi connectivity index (χ3v) is 7.88. The lowest BCUT2D eigenvalue weighted by atomic mass is 9.86. The predicted octanol–water partition coefficient (Wildman–Crippen LogP) is 4.77. The predicted molar refractivity (Wildman–Crippen MR) is 137 cm³/mol. The summed E-state index contributed by atoms with van der Waals surface area (Å²) in [5.74, 6) is 0.750. The number of para-hydroxylation sites is 1. The van der Waals surface area contributed by atoms with E-state index in [1.807, 2.05) is 54.6 Å². The monoisotopic (exact) mass is 496 g/mol. The van der Waals surface area contributed by atoms with Crippen molar-refractivity contribution in [1.29, 1.82) is 0 Å². The summed E-state index contributed by atoms with van der Waals surface area (Å²) in [4.78, 5) is 12.6. The van der Waals surface area contributed by atoms with Crippen LogP contribution in [0, 0.1) is 0 Å². The SMILES string of the molecule is CC(C)(C)c1ccccc1OCCNS(=O)(=O)c1ccc2c(c1)sc(=O)n2Cc1ccccc1. The van der Waals surface area contributed by atoms with Gasteiger partial charge in [0.05, 0.1) is 21.7 Å². The Morgan fingerprint density at radius 3 is 2.41 bits per heavy atom. The molecular weight excluding hydrogens is 468 g/mol.